The molecule has 0 fully saturated rings. The van der Waals surface area contributed by atoms with Crippen LogP contribution in [0.25, 0.3) is 0 Å². The molecule has 0 aliphatic rings. The zero-order chi connectivity index (χ0) is 9.84. The third kappa shape index (κ3) is 2.09. The quantitative estimate of drug-likeness (QED) is 0.351. The van der Waals surface area contributed by atoms with Crippen molar-refractivity contribution < 1.29 is 9.72 Å². The van der Waals surface area contributed by atoms with Crippen molar-refractivity contribution in [2.75, 3.05) is 0 Å². The van der Waals surface area contributed by atoms with Crippen LogP contribution in [0.5, 0.6) is 0 Å². The molecule has 13 heavy (non-hydrogen) atoms. The predicted octanol–water partition coefficient (Wildman–Crippen LogP) is 1.62. The first-order valence-corrected chi connectivity index (χ1v) is 4.26. The molecule has 1 heterocycles. The minimum absolute atomic E-state index is 0.156. The van der Waals surface area contributed by atoms with Gasteiger partial charge in [-0.3, -0.25) is 15.1 Å². The number of nitro groups is 1. The summed E-state index contributed by atoms with van der Waals surface area (Å²) < 4.78 is 0. The van der Waals surface area contributed by atoms with Gasteiger partial charge in [-0.2, -0.15) is 0 Å². The summed E-state index contributed by atoms with van der Waals surface area (Å²) in [6.07, 6.45) is 3.11. The van der Waals surface area contributed by atoms with Crippen LogP contribution in [0.3, 0.4) is 0 Å². The molecule has 0 bridgehead atoms. The minimum atomic E-state index is -0.657. The summed E-state index contributed by atoms with van der Waals surface area (Å²) in [5, 5.41) is 10.5. The van der Waals surface area contributed by atoms with E-state index in [0.29, 0.717) is 11.8 Å². The first-order valence-electron chi connectivity index (χ1n) is 3.34. The average Bonchev–Trinajstić information content (AvgIpc) is 2.16. The summed E-state index contributed by atoms with van der Waals surface area (Å²) in [5.74, 6) is 0. The highest BCUT2D eigenvalue weighted by atomic mass is 79.9. The Balaban J connectivity index is 3.19. The van der Waals surface area contributed by atoms with Gasteiger partial charge in [-0.25, -0.2) is 0 Å². The lowest BCUT2D eigenvalue weighted by Gasteiger charge is -2.01. The molecule has 68 valence electrons. The fourth-order valence-electron chi connectivity index (χ4n) is 0.856. The lowest BCUT2D eigenvalue weighted by Crippen LogP contribution is -1.99. The number of pyridine rings is 1. The number of carbonyl (C=O) groups is 1. The molecule has 1 aromatic rings. The van der Waals surface area contributed by atoms with Crippen LogP contribution in [0.2, 0.25) is 0 Å². The van der Waals surface area contributed by atoms with Gasteiger partial charge in [0, 0.05) is 6.20 Å². The van der Waals surface area contributed by atoms with Crippen molar-refractivity contribution in [3.8, 4) is 0 Å². The van der Waals surface area contributed by atoms with Crippen LogP contribution in [0.15, 0.2) is 18.5 Å². The number of hydrogen-bond acceptors (Lipinski definition) is 4. The van der Waals surface area contributed by atoms with Crippen molar-refractivity contribution in [3.63, 3.8) is 0 Å². The smallest absolute Gasteiger partial charge is 0.292 e. The highest BCUT2D eigenvalue weighted by Gasteiger charge is 2.18. The first kappa shape index (κ1) is 9.79. The van der Waals surface area contributed by atoms with E-state index < -0.39 is 9.75 Å². The van der Waals surface area contributed by atoms with Gasteiger partial charge in [0.1, 0.15) is 17.3 Å². The number of nitrogens with zero attached hydrogens (tertiary/aromatic N) is 2. The van der Waals surface area contributed by atoms with E-state index in [2.05, 4.69) is 20.9 Å². The first-order chi connectivity index (χ1) is 6.16. The average molecular weight is 245 g/mol. The molecule has 0 aliphatic heterocycles. The maximum Gasteiger partial charge on any atom is 0.292 e. The van der Waals surface area contributed by atoms with Gasteiger partial charge in [0.05, 0.1) is 10.5 Å². The highest BCUT2D eigenvalue weighted by molar-refractivity contribution is 9.09. The fourth-order valence-corrected chi connectivity index (χ4v) is 1.24. The molecule has 0 amide bonds. The van der Waals surface area contributed by atoms with Crippen LogP contribution >= 0.6 is 15.9 Å². The Morgan fingerprint density at radius 2 is 2.38 bits per heavy atom. The standard InChI is InChI=1S/C7H5BrN2O3/c8-6(4-11)5-1-2-9-3-7(5)10(12)13/h1-4,6H. The van der Waals surface area contributed by atoms with Crippen molar-refractivity contribution in [1.82, 2.24) is 4.98 Å². The van der Waals surface area contributed by atoms with E-state index >= 15 is 0 Å². The molecule has 0 N–H and O–H groups in total. The Hall–Kier alpha value is -1.30. The van der Waals surface area contributed by atoms with Crippen molar-refractivity contribution >= 4 is 27.9 Å². The highest BCUT2D eigenvalue weighted by Crippen LogP contribution is 2.27. The lowest BCUT2D eigenvalue weighted by molar-refractivity contribution is -0.385. The maximum absolute atomic E-state index is 10.5. The van der Waals surface area contributed by atoms with Gasteiger partial charge in [-0.05, 0) is 6.07 Å². The van der Waals surface area contributed by atoms with Crippen LogP contribution in [0.4, 0.5) is 5.69 Å². The maximum atomic E-state index is 10.5. The van der Waals surface area contributed by atoms with Crippen LogP contribution in [0.1, 0.15) is 10.4 Å². The normalized spacial score (nSPS) is 12.1. The molecule has 0 aromatic carbocycles. The molecule has 5 nitrogen and oxygen atoms in total. The number of alkyl halides is 1. The molecule has 0 spiro atoms. The van der Waals surface area contributed by atoms with E-state index in [1.54, 1.807) is 0 Å². The van der Waals surface area contributed by atoms with E-state index in [4.69, 9.17) is 0 Å². The Bertz CT molecular complexity index is 342. The molecule has 1 unspecified atom stereocenters. The Labute approximate surface area is 82.1 Å². The van der Waals surface area contributed by atoms with Gasteiger partial charge in [0.15, 0.2) is 0 Å². The number of rotatable bonds is 3. The Morgan fingerprint density at radius 1 is 1.69 bits per heavy atom. The molecule has 0 aliphatic carbocycles. The van der Waals surface area contributed by atoms with E-state index in [1.807, 2.05) is 0 Å². The molecule has 0 radical (unpaired) electrons. The van der Waals surface area contributed by atoms with E-state index in [-0.39, 0.29) is 5.69 Å². The van der Waals surface area contributed by atoms with Gasteiger partial charge < -0.3 is 4.79 Å². The molecule has 0 saturated carbocycles. The van der Waals surface area contributed by atoms with Crippen LogP contribution in [-0.2, 0) is 4.79 Å². The molecule has 6 heteroatoms. The monoisotopic (exact) mass is 244 g/mol. The van der Waals surface area contributed by atoms with Crippen LogP contribution < -0.4 is 0 Å². The summed E-state index contributed by atoms with van der Waals surface area (Å²) in [7, 11) is 0. The van der Waals surface area contributed by atoms with E-state index in [1.165, 1.54) is 12.3 Å². The Morgan fingerprint density at radius 3 is 2.92 bits per heavy atom. The van der Waals surface area contributed by atoms with Crippen LogP contribution in [-0.4, -0.2) is 16.2 Å². The predicted molar refractivity (Wildman–Crippen MR) is 48.6 cm³/mol. The summed E-state index contributed by atoms with van der Waals surface area (Å²) in [4.78, 5) is 23.2. The topological polar surface area (TPSA) is 73.1 Å². The molecule has 0 saturated heterocycles. The van der Waals surface area contributed by atoms with Gasteiger partial charge in [-0.15, -0.1) is 0 Å². The Kier molecular flexibility index (Phi) is 3.07. The van der Waals surface area contributed by atoms with Gasteiger partial charge in [-0.1, -0.05) is 15.9 Å². The second-order valence-corrected chi connectivity index (χ2v) is 3.22. The van der Waals surface area contributed by atoms with E-state index in [9.17, 15) is 14.9 Å². The van der Waals surface area contributed by atoms with Crippen molar-refractivity contribution in [1.29, 1.82) is 0 Å². The summed E-state index contributed by atoms with van der Waals surface area (Å²) in [6.45, 7) is 0. The summed E-state index contributed by atoms with van der Waals surface area (Å²) in [5.41, 5.74) is 0.159. The SMILES string of the molecule is O=CC(Br)c1ccncc1[N+](=O)[O-]. The molecule has 1 atom stereocenters. The lowest BCUT2D eigenvalue weighted by atomic mass is 10.2. The van der Waals surface area contributed by atoms with Gasteiger partial charge in [0.2, 0.25) is 0 Å². The van der Waals surface area contributed by atoms with Crippen molar-refractivity contribution in [2.45, 2.75) is 4.83 Å². The second kappa shape index (κ2) is 4.08. The second-order valence-electron chi connectivity index (χ2n) is 2.23. The number of hydrogen-bond donors (Lipinski definition) is 0. The number of carbonyl (C=O) groups excluding carboxylic acids is 1. The van der Waals surface area contributed by atoms with Crippen molar-refractivity contribution in [2.24, 2.45) is 0 Å². The van der Waals surface area contributed by atoms with E-state index in [0.717, 1.165) is 6.20 Å². The molecule has 1 rings (SSSR count). The summed E-state index contributed by atoms with van der Waals surface area (Å²) >= 11 is 3.00. The third-order valence-electron chi connectivity index (χ3n) is 1.45. The third-order valence-corrected chi connectivity index (χ3v) is 2.16. The largest absolute Gasteiger partial charge is 0.302 e. The van der Waals surface area contributed by atoms with Crippen molar-refractivity contribution in [3.05, 3.63) is 34.1 Å². The number of halogens is 1. The summed E-state index contributed by atoms with van der Waals surface area (Å²) in [6, 6.07) is 1.44. The van der Waals surface area contributed by atoms with Crippen LogP contribution in [0, 0.1) is 10.1 Å². The van der Waals surface area contributed by atoms with Gasteiger partial charge >= 0.3 is 0 Å². The zero-order valence-corrected chi connectivity index (χ0v) is 7.97. The molecular formula is C7H5BrN2O3. The zero-order valence-electron chi connectivity index (χ0n) is 6.38. The number of aldehydes is 1. The molecule has 1 aromatic heterocycles. The minimum Gasteiger partial charge on any atom is -0.302 e. The number of aromatic nitrogens is 1. The molecular weight excluding hydrogens is 240 g/mol. The van der Waals surface area contributed by atoms with Gasteiger partial charge in [0.25, 0.3) is 5.69 Å². The fraction of sp³-hybridized carbons (Fsp3) is 0.143.